The molecule has 1 aliphatic rings. The fourth-order valence-corrected chi connectivity index (χ4v) is 5.45. The molecular formula is C30H34N2O6S. The highest BCUT2D eigenvalue weighted by atomic mass is 32.1. The van der Waals surface area contributed by atoms with Gasteiger partial charge in [0.05, 0.1) is 47.8 Å². The second-order valence-corrected chi connectivity index (χ2v) is 10.6. The molecule has 1 atom stereocenters. The Bertz CT molecular complexity index is 1580. The molecule has 0 saturated heterocycles. The minimum Gasteiger partial charge on any atom is -0.493 e. The number of benzene rings is 2. The summed E-state index contributed by atoms with van der Waals surface area (Å²) < 4.78 is 24.9. The van der Waals surface area contributed by atoms with Gasteiger partial charge in [-0.1, -0.05) is 35.6 Å². The third kappa shape index (κ3) is 5.93. The summed E-state index contributed by atoms with van der Waals surface area (Å²) in [5, 5.41) is 0. The summed E-state index contributed by atoms with van der Waals surface area (Å²) >= 11 is 1.27. The van der Waals surface area contributed by atoms with E-state index in [1.807, 2.05) is 64.1 Å². The molecule has 0 fully saturated rings. The van der Waals surface area contributed by atoms with Crippen LogP contribution in [-0.4, -0.2) is 36.5 Å². The quantitative estimate of drug-likeness (QED) is 0.368. The predicted octanol–water partition coefficient (Wildman–Crippen LogP) is 4.38. The number of fused-ring (bicyclic) bond motifs is 1. The first-order valence-corrected chi connectivity index (χ1v) is 13.8. The van der Waals surface area contributed by atoms with Crippen LogP contribution in [0.15, 0.2) is 63.5 Å². The van der Waals surface area contributed by atoms with E-state index in [1.54, 1.807) is 37.7 Å². The van der Waals surface area contributed by atoms with Gasteiger partial charge in [-0.05, 0) is 71.4 Å². The van der Waals surface area contributed by atoms with Crippen LogP contribution < -0.4 is 29.1 Å². The van der Waals surface area contributed by atoms with E-state index in [1.165, 1.54) is 11.3 Å². The summed E-state index contributed by atoms with van der Waals surface area (Å²) in [4.78, 5) is 32.3. The van der Waals surface area contributed by atoms with E-state index >= 15 is 0 Å². The van der Waals surface area contributed by atoms with Gasteiger partial charge in [0, 0.05) is 5.56 Å². The van der Waals surface area contributed by atoms with Crippen LogP contribution >= 0.6 is 11.3 Å². The predicted molar refractivity (Wildman–Crippen MR) is 151 cm³/mol. The Morgan fingerprint density at radius 2 is 1.74 bits per heavy atom. The molecule has 9 heteroatoms. The van der Waals surface area contributed by atoms with Gasteiger partial charge in [0.25, 0.3) is 5.56 Å². The maximum atomic E-state index is 13.9. The lowest BCUT2D eigenvalue weighted by Gasteiger charge is -2.25. The molecule has 0 radical (unpaired) electrons. The van der Waals surface area contributed by atoms with Crippen molar-refractivity contribution in [2.75, 3.05) is 13.7 Å². The zero-order valence-corrected chi connectivity index (χ0v) is 24.1. The lowest BCUT2D eigenvalue weighted by Crippen LogP contribution is -2.40. The molecule has 3 aromatic rings. The number of para-hydroxylation sites is 1. The highest BCUT2D eigenvalue weighted by Gasteiger charge is 2.34. The first kappa shape index (κ1) is 28.2. The molecule has 0 saturated carbocycles. The largest absolute Gasteiger partial charge is 0.493 e. The maximum absolute atomic E-state index is 13.9. The molecule has 0 N–H and O–H groups in total. The van der Waals surface area contributed by atoms with Crippen LogP contribution in [0.1, 0.15) is 58.7 Å². The number of hydrogen-bond donors (Lipinski definition) is 0. The fraction of sp³-hybridized carbons (Fsp3) is 0.367. The normalized spacial score (nSPS) is 15.3. The minimum atomic E-state index is -0.758. The molecule has 1 aliphatic heterocycles. The average molecular weight is 551 g/mol. The smallest absolute Gasteiger partial charge is 0.338 e. The van der Waals surface area contributed by atoms with Crippen LogP contribution in [-0.2, 0) is 9.53 Å². The molecule has 8 nitrogen and oxygen atoms in total. The van der Waals surface area contributed by atoms with Crippen LogP contribution in [0.2, 0.25) is 0 Å². The SMILES string of the molecule is CCOC(=O)C1=C(C)N=c2sc(=Cc3ccccc3OC(C)C)c(=O)n2C1c1ccc(OC(C)C)c(OC)c1. The van der Waals surface area contributed by atoms with Gasteiger partial charge >= 0.3 is 5.97 Å². The Kier molecular flexibility index (Phi) is 8.60. The molecule has 0 spiro atoms. The van der Waals surface area contributed by atoms with Crippen molar-refractivity contribution >= 4 is 23.4 Å². The number of methoxy groups -OCH3 is 1. The average Bonchev–Trinajstić information content (AvgIpc) is 3.18. The van der Waals surface area contributed by atoms with Crippen molar-refractivity contribution in [3.63, 3.8) is 0 Å². The number of carbonyl (C=O) groups excluding carboxylic acids is 1. The number of allylic oxidation sites excluding steroid dienone is 1. The van der Waals surface area contributed by atoms with Crippen LogP contribution in [0.5, 0.6) is 17.2 Å². The van der Waals surface area contributed by atoms with Crippen molar-refractivity contribution in [3.05, 3.63) is 84.5 Å². The van der Waals surface area contributed by atoms with Crippen molar-refractivity contribution in [1.82, 2.24) is 4.57 Å². The van der Waals surface area contributed by atoms with Gasteiger partial charge in [-0.25, -0.2) is 9.79 Å². The van der Waals surface area contributed by atoms with E-state index in [0.717, 1.165) is 5.56 Å². The monoisotopic (exact) mass is 550 g/mol. The zero-order chi connectivity index (χ0) is 28.3. The number of aromatic nitrogens is 1. The van der Waals surface area contributed by atoms with Crippen LogP contribution in [0.3, 0.4) is 0 Å². The van der Waals surface area contributed by atoms with Gasteiger partial charge < -0.3 is 18.9 Å². The van der Waals surface area contributed by atoms with E-state index < -0.39 is 12.0 Å². The first-order chi connectivity index (χ1) is 18.6. The fourth-order valence-electron chi connectivity index (χ4n) is 4.41. The Hall–Kier alpha value is -3.85. The molecule has 206 valence electrons. The van der Waals surface area contributed by atoms with Crippen LogP contribution in [0.4, 0.5) is 0 Å². The third-order valence-electron chi connectivity index (χ3n) is 5.95. The van der Waals surface area contributed by atoms with E-state index in [-0.39, 0.29) is 24.4 Å². The van der Waals surface area contributed by atoms with E-state index in [0.29, 0.717) is 43.4 Å². The lowest BCUT2D eigenvalue weighted by molar-refractivity contribution is -0.139. The summed E-state index contributed by atoms with van der Waals surface area (Å²) in [5.74, 6) is 1.24. The third-order valence-corrected chi connectivity index (χ3v) is 6.93. The Balaban J connectivity index is 1.94. The van der Waals surface area contributed by atoms with Gasteiger partial charge in [-0.2, -0.15) is 0 Å². The Labute approximate surface area is 231 Å². The summed E-state index contributed by atoms with van der Waals surface area (Å²) in [6.07, 6.45) is 1.73. The second kappa shape index (κ2) is 11.9. The summed E-state index contributed by atoms with van der Waals surface area (Å²) in [7, 11) is 1.56. The van der Waals surface area contributed by atoms with Gasteiger partial charge in [0.1, 0.15) is 5.75 Å². The van der Waals surface area contributed by atoms with Crippen molar-refractivity contribution < 1.29 is 23.7 Å². The number of carbonyl (C=O) groups is 1. The summed E-state index contributed by atoms with van der Waals surface area (Å²) in [6.45, 7) is 11.5. The second-order valence-electron chi connectivity index (χ2n) is 9.58. The number of ether oxygens (including phenoxy) is 4. The molecule has 1 unspecified atom stereocenters. The van der Waals surface area contributed by atoms with Crippen LogP contribution in [0.25, 0.3) is 6.08 Å². The first-order valence-electron chi connectivity index (χ1n) is 12.9. The van der Waals surface area contributed by atoms with Gasteiger partial charge in [0.15, 0.2) is 16.3 Å². The van der Waals surface area contributed by atoms with Crippen LogP contribution in [0, 0.1) is 0 Å². The Morgan fingerprint density at radius 3 is 2.41 bits per heavy atom. The number of rotatable bonds is 9. The number of hydrogen-bond acceptors (Lipinski definition) is 8. The summed E-state index contributed by atoms with van der Waals surface area (Å²) in [6, 6.07) is 12.2. The zero-order valence-electron chi connectivity index (χ0n) is 23.3. The Morgan fingerprint density at radius 1 is 1.05 bits per heavy atom. The van der Waals surface area contributed by atoms with Crippen molar-refractivity contribution in [1.29, 1.82) is 0 Å². The molecule has 4 rings (SSSR count). The summed E-state index contributed by atoms with van der Waals surface area (Å²) in [5.41, 5.74) is 2.00. The standard InChI is InChI=1S/C30H34N2O6S/c1-8-36-29(34)26-19(6)31-30-32(27(26)21-13-14-23(38-18(4)5)24(15-21)35-7)28(33)25(39-30)16-20-11-9-10-12-22(20)37-17(2)3/h9-18,27H,8H2,1-7H3. The van der Waals surface area contributed by atoms with Gasteiger partial charge in [-0.3, -0.25) is 9.36 Å². The minimum absolute atomic E-state index is 0.0202. The number of thiazole rings is 1. The topological polar surface area (TPSA) is 88.4 Å². The molecule has 2 aromatic carbocycles. The molecule has 0 bridgehead atoms. The lowest BCUT2D eigenvalue weighted by atomic mass is 9.95. The molecule has 0 aliphatic carbocycles. The molecule has 1 aromatic heterocycles. The molecule has 0 amide bonds. The highest BCUT2D eigenvalue weighted by molar-refractivity contribution is 7.07. The van der Waals surface area contributed by atoms with E-state index in [2.05, 4.69) is 4.99 Å². The molecular weight excluding hydrogens is 516 g/mol. The number of esters is 1. The molecule has 2 heterocycles. The van der Waals surface area contributed by atoms with Crippen molar-refractivity contribution in [2.24, 2.45) is 4.99 Å². The van der Waals surface area contributed by atoms with E-state index in [4.69, 9.17) is 18.9 Å². The van der Waals surface area contributed by atoms with E-state index in [9.17, 15) is 9.59 Å². The maximum Gasteiger partial charge on any atom is 0.338 e. The molecule has 39 heavy (non-hydrogen) atoms. The highest BCUT2D eigenvalue weighted by Crippen LogP contribution is 2.36. The van der Waals surface area contributed by atoms with Crippen molar-refractivity contribution in [2.45, 2.75) is 59.8 Å². The van der Waals surface area contributed by atoms with Gasteiger partial charge in [0.2, 0.25) is 0 Å². The number of nitrogens with zero attached hydrogens (tertiary/aromatic N) is 2. The van der Waals surface area contributed by atoms with Gasteiger partial charge in [-0.15, -0.1) is 0 Å². The van der Waals surface area contributed by atoms with Crippen molar-refractivity contribution in [3.8, 4) is 17.2 Å².